The number of carboxylic acid groups (broad SMARTS) is 1. The molecule has 3 nitrogen and oxygen atoms in total. The van der Waals surface area contributed by atoms with Crippen molar-refractivity contribution in [1.29, 1.82) is 0 Å². The van der Waals surface area contributed by atoms with Crippen LogP contribution in [0.2, 0.25) is 0 Å². The number of nitrogens with one attached hydrogen (secondary N) is 1. The van der Waals surface area contributed by atoms with Crippen LogP contribution in [0.4, 0.5) is 0 Å². The molecule has 2 unspecified atom stereocenters. The van der Waals surface area contributed by atoms with Gasteiger partial charge in [-0.3, -0.25) is 4.79 Å². The number of rotatable bonds is 15. The van der Waals surface area contributed by atoms with E-state index in [1.807, 2.05) is 0 Å². The molecule has 3 heteroatoms. The molecule has 0 aliphatic carbocycles. The van der Waals surface area contributed by atoms with E-state index < -0.39 is 5.97 Å². The maximum absolute atomic E-state index is 10.7. The molecule has 0 saturated heterocycles. The second-order valence-corrected chi connectivity index (χ2v) is 6.50. The van der Waals surface area contributed by atoms with Gasteiger partial charge in [0, 0.05) is 6.04 Å². The molecule has 0 amide bonds. The summed E-state index contributed by atoms with van der Waals surface area (Å²) in [6, 6.07) is 0.510. The topological polar surface area (TPSA) is 49.3 Å². The first-order chi connectivity index (χ1) is 10.1. The van der Waals surface area contributed by atoms with Gasteiger partial charge in [0.25, 0.3) is 0 Å². The largest absolute Gasteiger partial charge is 0.481 e. The third-order valence-corrected chi connectivity index (χ3v) is 4.22. The maximum Gasteiger partial charge on any atom is 0.306 e. The summed E-state index contributed by atoms with van der Waals surface area (Å²) in [5.41, 5.74) is 0. The number of unbranched alkanes of at least 4 members (excludes halogenated alkanes) is 7. The molecule has 0 fully saturated rings. The molecular formula is C18H37NO2. The molecule has 0 aliphatic heterocycles. The molecule has 0 saturated carbocycles. The zero-order chi connectivity index (χ0) is 15.9. The van der Waals surface area contributed by atoms with E-state index >= 15 is 0 Å². The lowest BCUT2D eigenvalue weighted by molar-refractivity contribution is -0.141. The smallest absolute Gasteiger partial charge is 0.306 e. The van der Waals surface area contributed by atoms with Crippen LogP contribution in [0.5, 0.6) is 0 Å². The molecule has 0 aromatic carbocycles. The minimum absolute atomic E-state index is 0.204. The molecular weight excluding hydrogens is 262 g/mol. The van der Waals surface area contributed by atoms with Gasteiger partial charge in [0.2, 0.25) is 0 Å². The van der Waals surface area contributed by atoms with Crippen molar-refractivity contribution >= 4 is 5.97 Å². The average Bonchev–Trinajstić information content (AvgIpc) is 2.45. The fourth-order valence-electron chi connectivity index (χ4n) is 2.56. The van der Waals surface area contributed by atoms with Crippen LogP contribution >= 0.6 is 0 Å². The normalized spacial score (nSPS) is 14.0. The minimum Gasteiger partial charge on any atom is -0.481 e. The highest BCUT2D eigenvalue weighted by Crippen LogP contribution is 2.10. The van der Waals surface area contributed by atoms with Gasteiger partial charge in [-0.1, -0.05) is 65.2 Å². The van der Waals surface area contributed by atoms with E-state index in [9.17, 15) is 4.79 Å². The maximum atomic E-state index is 10.7. The van der Waals surface area contributed by atoms with E-state index in [2.05, 4.69) is 19.2 Å². The Hall–Kier alpha value is -0.570. The van der Waals surface area contributed by atoms with Crippen LogP contribution in [-0.2, 0) is 4.79 Å². The lowest BCUT2D eigenvalue weighted by Gasteiger charge is -2.14. The zero-order valence-corrected chi connectivity index (χ0v) is 14.5. The van der Waals surface area contributed by atoms with Crippen molar-refractivity contribution in [3.8, 4) is 0 Å². The van der Waals surface area contributed by atoms with Crippen molar-refractivity contribution in [3.05, 3.63) is 0 Å². The van der Waals surface area contributed by atoms with Gasteiger partial charge in [0.05, 0.1) is 5.92 Å². The summed E-state index contributed by atoms with van der Waals surface area (Å²) < 4.78 is 0. The van der Waals surface area contributed by atoms with E-state index in [0.717, 1.165) is 25.8 Å². The van der Waals surface area contributed by atoms with Crippen LogP contribution in [-0.4, -0.2) is 23.7 Å². The van der Waals surface area contributed by atoms with Gasteiger partial charge in [-0.2, -0.15) is 0 Å². The Kier molecular flexibility index (Phi) is 14.0. The summed E-state index contributed by atoms with van der Waals surface area (Å²) in [7, 11) is 0. The van der Waals surface area contributed by atoms with Crippen LogP contribution in [0.25, 0.3) is 0 Å². The Labute approximate surface area is 131 Å². The molecule has 0 aromatic rings. The van der Waals surface area contributed by atoms with Gasteiger partial charge >= 0.3 is 5.97 Å². The third kappa shape index (κ3) is 14.1. The molecule has 0 spiro atoms. The van der Waals surface area contributed by atoms with E-state index in [4.69, 9.17) is 5.11 Å². The summed E-state index contributed by atoms with van der Waals surface area (Å²) in [6.45, 7) is 7.36. The van der Waals surface area contributed by atoms with Crippen LogP contribution < -0.4 is 5.32 Å². The van der Waals surface area contributed by atoms with Crippen LogP contribution in [0.3, 0.4) is 0 Å². The molecule has 0 rings (SSSR count). The molecule has 0 aliphatic rings. The Bertz CT molecular complexity index is 243. The lowest BCUT2D eigenvalue weighted by Crippen LogP contribution is -2.27. The summed E-state index contributed by atoms with van der Waals surface area (Å²) in [6.07, 6.45) is 13.8. The van der Waals surface area contributed by atoms with Gasteiger partial charge in [-0.15, -0.1) is 0 Å². The monoisotopic (exact) mass is 299 g/mol. The molecule has 126 valence electrons. The standard InChI is InChI=1S/C18H37NO2/c1-4-5-6-7-8-9-10-11-15-19-17(3)14-12-13-16(2)18(20)21/h16-17,19H,4-15H2,1-3H3,(H,20,21). The van der Waals surface area contributed by atoms with Crippen molar-refractivity contribution in [2.24, 2.45) is 5.92 Å². The predicted octanol–water partition coefficient (Wildman–Crippen LogP) is 5.00. The molecule has 2 atom stereocenters. The Morgan fingerprint density at radius 3 is 2.05 bits per heavy atom. The van der Waals surface area contributed by atoms with Crippen LogP contribution in [0, 0.1) is 5.92 Å². The Morgan fingerprint density at radius 2 is 1.48 bits per heavy atom. The number of carboxylic acids is 1. The first kappa shape index (κ1) is 20.4. The quantitative estimate of drug-likeness (QED) is 0.418. The van der Waals surface area contributed by atoms with Gasteiger partial charge < -0.3 is 10.4 Å². The number of hydrogen-bond acceptors (Lipinski definition) is 2. The average molecular weight is 299 g/mol. The summed E-state index contributed by atoms with van der Waals surface area (Å²) in [5, 5.41) is 12.4. The van der Waals surface area contributed by atoms with Crippen LogP contribution in [0.15, 0.2) is 0 Å². The molecule has 0 bridgehead atoms. The lowest BCUT2D eigenvalue weighted by atomic mass is 10.0. The van der Waals surface area contributed by atoms with E-state index in [1.54, 1.807) is 6.92 Å². The number of aliphatic carboxylic acids is 1. The molecule has 0 heterocycles. The van der Waals surface area contributed by atoms with Gasteiger partial charge in [-0.05, 0) is 32.7 Å². The molecule has 0 aromatic heterocycles. The summed E-state index contributed by atoms with van der Waals surface area (Å²) in [4.78, 5) is 10.7. The van der Waals surface area contributed by atoms with E-state index in [1.165, 1.54) is 51.4 Å². The third-order valence-electron chi connectivity index (χ3n) is 4.22. The number of hydrogen-bond donors (Lipinski definition) is 2. The zero-order valence-electron chi connectivity index (χ0n) is 14.5. The second-order valence-electron chi connectivity index (χ2n) is 6.50. The summed E-state index contributed by atoms with van der Waals surface area (Å²) >= 11 is 0. The van der Waals surface area contributed by atoms with E-state index in [0.29, 0.717) is 6.04 Å². The predicted molar refractivity (Wildman–Crippen MR) is 90.7 cm³/mol. The number of carbonyl (C=O) groups is 1. The van der Waals surface area contributed by atoms with Crippen molar-refractivity contribution in [3.63, 3.8) is 0 Å². The Morgan fingerprint density at radius 1 is 0.905 bits per heavy atom. The van der Waals surface area contributed by atoms with Gasteiger partial charge in [-0.25, -0.2) is 0 Å². The minimum atomic E-state index is -0.672. The van der Waals surface area contributed by atoms with Crippen molar-refractivity contribution in [1.82, 2.24) is 5.32 Å². The first-order valence-electron chi connectivity index (χ1n) is 9.04. The highest BCUT2D eigenvalue weighted by atomic mass is 16.4. The SMILES string of the molecule is CCCCCCCCCCNC(C)CCCC(C)C(=O)O. The van der Waals surface area contributed by atoms with Crippen LogP contribution in [0.1, 0.15) is 91.4 Å². The highest BCUT2D eigenvalue weighted by Gasteiger charge is 2.10. The molecule has 2 N–H and O–H groups in total. The van der Waals surface area contributed by atoms with Crippen molar-refractivity contribution in [2.45, 2.75) is 97.4 Å². The van der Waals surface area contributed by atoms with Gasteiger partial charge in [0.1, 0.15) is 0 Å². The molecule has 0 radical (unpaired) electrons. The Balaban J connectivity index is 3.26. The highest BCUT2D eigenvalue weighted by molar-refractivity contribution is 5.69. The second kappa shape index (κ2) is 14.4. The first-order valence-corrected chi connectivity index (χ1v) is 9.04. The fourth-order valence-corrected chi connectivity index (χ4v) is 2.56. The van der Waals surface area contributed by atoms with Crippen molar-refractivity contribution in [2.75, 3.05) is 6.54 Å². The van der Waals surface area contributed by atoms with Gasteiger partial charge in [0.15, 0.2) is 0 Å². The fraction of sp³-hybridized carbons (Fsp3) is 0.944. The van der Waals surface area contributed by atoms with Crippen molar-refractivity contribution < 1.29 is 9.90 Å². The molecule has 21 heavy (non-hydrogen) atoms. The summed E-state index contributed by atoms with van der Waals surface area (Å²) in [5.74, 6) is -0.876. The van der Waals surface area contributed by atoms with E-state index in [-0.39, 0.29) is 5.92 Å².